The Morgan fingerprint density at radius 1 is 1.17 bits per heavy atom. The smallest absolute Gasteiger partial charge is 0.257 e. The van der Waals surface area contributed by atoms with Crippen molar-refractivity contribution in [3.05, 3.63) is 46.2 Å². The number of nitrogens with one attached hydrogen (secondary N) is 1. The molecule has 1 amide bonds. The molecular formula is C20H24ClN3O4S. The van der Waals surface area contributed by atoms with Crippen molar-refractivity contribution in [3.8, 4) is 0 Å². The Morgan fingerprint density at radius 3 is 2.52 bits per heavy atom. The number of carbonyl (C=O) groups excluding carboxylic acids is 1. The molecule has 1 aliphatic heterocycles. The molecule has 1 saturated carbocycles. The molecule has 0 spiro atoms. The van der Waals surface area contributed by atoms with Crippen molar-refractivity contribution >= 4 is 33.2 Å². The molecule has 9 heteroatoms. The first-order valence-corrected chi connectivity index (χ1v) is 11.5. The molecule has 2 aromatic rings. The first-order valence-electron chi connectivity index (χ1n) is 9.66. The second-order valence-corrected chi connectivity index (χ2v) is 9.82. The summed E-state index contributed by atoms with van der Waals surface area (Å²) in [6.45, 7) is 5.20. The van der Waals surface area contributed by atoms with E-state index in [1.165, 1.54) is 16.4 Å². The minimum Gasteiger partial charge on any atom is -0.379 e. The lowest BCUT2D eigenvalue weighted by Crippen LogP contribution is -2.40. The van der Waals surface area contributed by atoms with Gasteiger partial charge in [-0.1, -0.05) is 11.6 Å². The Kier molecular flexibility index (Phi) is 5.46. The van der Waals surface area contributed by atoms with E-state index in [2.05, 4.69) is 9.88 Å². The molecule has 1 aliphatic carbocycles. The molecule has 156 valence electrons. The van der Waals surface area contributed by atoms with Crippen molar-refractivity contribution < 1.29 is 17.9 Å². The molecule has 2 aliphatic rings. The van der Waals surface area contributed by atoms with Crippen LogP contribution in [0.3, 0.4) is 0 Å². The van der Waals surface area contributed by atoms with Crippen LogP contribution in [0.4, 0.5) is 5.69 Å². The lowest BCUT2D eigenvalue weighted by molar-refractivity contribution is 0.0730. The van der Waals surface area contributed by atoms with Gasteiger partial charge >= 0.3 is 0 Å². The molecular weight excluding hydrogens is 414 g/mol. The van der Waals surface area contributed by atoms with Crippen molar-refractivity contribution in [2.75, 3.05) is 31.6 Å². The van der Waals surface area contributed by atoms with Crippen LogP contribution in [0.2, 0.25) is 5.02 Å². The number of ether oxygens (including phenoxy) is 1. The molecule has 1 aromatic carbocycles. The summed E-state index contributed by atoms with van der Waals surface area (Å²) in [5.41, 5.74) is 2.98. The zero-order valence-electron chi connectivity index (χ0n) is 16.4. The number of hydrogen-bond acceptors (Lipinski definition) is 4. The fourth-order valence-electron chi connectivity index (χ4n) is 3.80. The fraction of sp³-hybridized carbons (Fsp3) is 0.450. The number of sulfonamides is 1. The summed E-state index contributed by atoms with van der Waals surface area (Å²) in [7, 11) is -3.76. The van der Waals surface area contributed by atoms with Crippen molar-refractivity contribution in [1.82, 2.24) is 8.87 Å². The number of anilines is 1. The minimum atomic E-state index is -3.76. The van der Waals surface area contributed by atoms with Gasteiger partial charge in [0.05, 0.1) is 23.8 Å². The quantitative estimate of drug-likeness (QED) is 0.777. The van der Waals surface area contributed by atoms with Gasteiger partial charge < -0.3 is 14.6 Å². The Balaban J connectivity index is 1.59. The molecule has 1 N–H and O–H groups in total. The Bertz CT molecular complexity index is 1050. The van der Waals surface area contributed by atoms with E-state index in [0.29, 0.717) is 30.5 Å². The largest absolute Gasteiger partial charge is 0.379 e. The number of carbonyl (C=O) groups is 1. The van der Waals surface area contributed by atoms with Gasteiger partial charge in [-0.25, -0.2) is 8.42 Å². The predicted molar refractivity (Wildman–Crippen MR) is 111 cm³/mol. The molecule has 0 bridgehead atoms. The zero-order valence-corrected chi connectivity index (χ0v) is 18.0. The number of aryl methyl sites for hydroxylation is 1. The van der Waals surface area contributed by atoms with Crippen LogP contribution < -0.4 is 5.32 Å². The summed E-state index contributed by atoms with van der Waals surface area (Å²) in [5, 5.41) is 2.95. The SMILES string of the molecule is Cc1cc(C(=O)Nc2ccc(Cl)c(S(=O)(=O)N3CCOCC3)c2)c(C)n1C1CC1. The number of amides is 1. The molecule has 1 saturated heterocycles. The van der Waals surface area contributed by atoms with E-state index in [0.717, 1.165) is 24.2 Å². The number of nitrogens with zero attached hydrogens (tertiary/aromatic N) is 2. The number of benzene rings is 1. The van der Waals surface area contributed by atoms with Crippen LogP contribution in [-0.2, 0) is 14.8 Å². The zero-order chi connectivity index (χ0) is 20.8. The van der Waals surface area contributed by atoms with Crippen molar-refractivity contribution in [1.29, 1.82) is 0 Å². The molecule has 0 atom stereocenters. The summed E-state index contributed by atoms with van der Waals surface area (Å²) in [6, 6.07) is 6.89. The van der Waals surface area contributed by atoms with Gasteiger partial charge in [-0.3, -0.25) is 4.79 Å². The second kappa shape index (κ2) is 7.75. The van der Waals surface area contributed by atoms with E-state index in [1.807, 2.05) is 19.9 Å². The highest BCUT2D eigenvalue weighted by Gasteiger charge is 2.30. The molecule has 0 unspecified atom stereocenters. The number of morpholine rings is 1. The Labute approximate surface area is 175 Å². The van der Waals surface area contributed by atoms with Gasteiger partial charge in [-0.15, -0.1) is 0 Å². The summed E-state index contributed by atoms with van der Waals surface area (Å²) in [5.74, 6) is -0.262. The summed E-state index contributed by atoms with van der Waals surface area (Å²) < 4.78 is 34.7. The van der Waals surface area contributed by atoms with E-state index in [-0.39, 0.29) is 28.9 Å². The third-order valence-corrected chi connectivity index (χ3v) is 7.80. The monoisotopic (exact) mass is 437 g/mol. The maximum atomic E-state index is 13.0. The summed E-state index contributed by atoms with van der Waals surface area (Å²) in [6.07, 6.45) is 2.27. The third kappa shape index (κ3) is 3.94. The van der Waals surface area contributed by atoms with Crippen LogP contribution >= 0.6 is 11.6 Å². The van der Waals surface area contributed by atoms with Crippen LogP contribution in [0.25, 0.3) is 0 Å². The Morgan fingerprint density at radius 2 is 1.86 bits per heavy atom. The normalized spacial score (nSPS) is 18.0. The van der Waals surface area contributed by atoms with Gasteiger partial charge in [0.2, 0.25) is 10.0 Å². The predicted octanol–water partition coefficient (Wildman–Crippen LogP) is 3.37. The molecule has 1 aromatic heterocycles. The van der Waals surface area contributed by atoms with Crippen molar-refractivity contribution in [2.45, 2.75) is 37.6 Å². The highest BCUT2D eigenvalue weighted by Crippen LogP contribution is 2.38. The van der Waals surface area contributed by atoms with Crippen LogP contribution in [0.1, 0.15) is 40.6 Å². The van der Waals surface area contributed by atoms with E-state index in [9.17, 15) is 13.2 Å². The lowest BCUT2D eigenvalue weighted by Gasteiger charge is -2.26. The number of hydrogen-bond donors (Lipinski definition) is 1. The first-order chi connectivity index (χ1) is 13.8. The third-order valence-electron chi connectivity index (χ3n) is 5.42. The molecule has 7 nitrogen and oxygen atoms in total. The maximum absolute atomic E-state index is 13.0. The van der Waals surface area contributed by atoms with E-state index in [4.69, 9.17) is 16.3 Å². The number of aromatic nitrogens is 1. The van der Waals surface area contributed by atoms with Gasteiger partial charge in [0, 0.05) is 36.2 Å². The second-order valence-electron chi connectivity index (χ2n) is 7.50. The molecule has 2 fully saturated rings. The van der Waals surface area contributed by atoms with Crippen LogP contribution in [0.15, 0.2) is 29.2 Å². The van der Waals surface area contributed by atoms with Crippen molar-refractivity contribution in [3.63, 3.8) is 0 Å². The van der Waals surface area contributed by atoms with Crippen LogP contribution in [0, 0.1) is 13.8 Å². The molecule has 2 heterocycles. The molecule has 4 rings (SSSR count). The van der Waals surface area contributed by atoms with Gasteiger partial charge in [-0.05, 0) is 51.0 Å². The minimum absolute atomic E-state index is 0.0117. The Hall–Kier alpha value is -1.87. The van der Waals surface area contributed by atoms with Gasteiger partial charge in [0.15, 0.2) is 0 Å². The molecule has 29 heavy (non-hydrogen) atoms. The number of rotatable bonds is 5. The van der Waals surface area contributed by atoms with E-state index < -0.39 is 10.0 Å². The summed E-state index contributed by atoms with van der Waals surface area (Å²) >= 11 is 6.19. The fourth-order valence-corrected chi connectivity index (χ4v) is 5.71. The topological polar surface area (TPSA) is 80.6 Å². The average molecular weight is 438 g/mol. The maximum Gasteiger partial charge on any atom is 0.257 e. The standard InChI is InChI=1S/C20H24ClN3O4S/c1-13-11-17(14(2)24(13)16-4-5-16)20(25)22-15-3-6-18(21)19(12-15)29(26,27)23-7-9-28-10-8-23/h3,6,11-12,16H,4-5,7-10H2,1-2H3,(H,22,25). The average Bonchev–Trinajstić information content (AvgIpc) is 3.48. The van der Waals surface area contributed by atoms with E-state index >= 15 is 0 Å². The number of halogens is 1. The van der Waals surface area contributed by atoms with Crippen LogP contribution in [0.5, 0.6) is 0 Å². The van der Waals surface area contributed by atoms with Crippen molar-refractivity contribution in [2.24, 2.45) is 0 Å². The van der Waals surface area contributed by atoms with Gasteiger partial charge in [0.1, 0.15) is 4.90 Å². The molecule has 0 radical (unpaired) electrons. The van der Waals surface area contributed by atoms with E-state index in [1.54, 1.807) is 6.07 Å². The van der Waals surface area contributed by atoms with Crippen LogP contribution in [-0.4, -0.2) is 49.5 Å². The highest BCUT2D eigenvalue weighted by atomic mass is 35.5. The summed E-state index contributed by atoms with van der Waals surface area (Å²) in [4.78, 5) is 12.8. The van der Waals surface area contributed by atoms with Gasteiger partial charge in [0.25, 0.3) is 5.91 Å². The first kappa shape index (κ1) is 20.4. The van der Waals surface area contributed by atoms with Gasteiger partial charge in [-0.2, -0.15) is 4.31 Å². The highest BCUT2D eigenvalue weighted by molar-refractivity contribution is 7.89. The lowest BCUT2D eigenvalue weighted by atomic mass is 10.2.